The van der Waals surface area contributed by atoms with Gasteiger partial charge in [0.15, 0.2) is 5.78 Å². The minimum atomic E-state index is -0.539. The molecule has 3 rings (SSSR count). The van der Waals surface area contributed by atoms with Crippen LogP contribution in [0.3, 0.4) is 0 Å². The number of ether oxygens (including phenoxy) is 1. The number of anilines is 1. The first kappa shape index (κ1) is 25.3. The van der Waals surface area contributed by atoms with E-state index in [2.05, 4.69) is 43.5 Å². The van der Waals surface area contributed by atoms with E-state index in [9.17, 15) is 9.59 Å². The van der Waals surface area contributed by atoms with Crippen LogP contribution in [-0.4, -0.2) is 52.7 Å². The number of halogens is 1. The van der Waals surface area contributed by atoms with Crippen LogP contribution in [0.15, 0.2) is 15.6 Å². The highest BCUT2D eigenvalue weighted by atomic mass is 79.9. The smallest absolute Gasteiger partial charge is 0.410 e. The number of ketones is 1. The summed E-state index contributed by atoms with van der Waals surface area (Å²) in [4.78, 5) is 31.9. The van der Waals surface area contributed by atoms with E-state index < -0.39 is 5.60 Å². The molecule has 9 heteroatoms. The molecular weight excluding hydrogens is 509 g/mol. The maximum atomic E-state index is 12.7. The third kappa shape index (κ3) is 5.07. The molecule has 174 valence electrons. The van der Waals surface area contributed by atoms with E-state index >= 15 is 0 Å². The topological polar surface area (TPSA) is 71.5 Å². The lowest BCUT2D eigenvalue weighted by Crippen LogP contribution is -2.36. The van der Waals surface area contributed by atoms with E-state index in [1.165, 1.54) is 11.8 Å². The lowest BCUT2D eigenvalue weighted by atomic mass is 10.0. The van der Waals surface area contributed by atoms with Gasteiger partial charge in [0, 0.05) is 34.3 Å². The summed E-state index contributed by atoms with van der Waals surface area (Å²) in [6, 6.07) is 2.04. The number of nitrogens with one attached hydrogen (secondary N) is 1. The number of hydrogen-bond donors (Lipinski definition) is 1. The Kier molecular flexibility index (Phi) is 7.48. The zero-order valence-electron chi connectivity index (χ0n) is 19.6. The molecule has 1 amide bonds. The molecule has 1 aromatic heterocycles. The molecule has 2 aromatic rings. The molecule has 0 saturated carbocycles. The minimum Gasteiger partial charge on any atom is -0.444 e. The Bertz CT molecular complexity index is 1090. The van der Waals surface area contributed by atoms with Crippen LogP contribution in [-0.2, 0) is 4.74 Å². The van der Waals surface area contributed by atoms with Gasteiger partial charge < -0.3 is 15.0 Å². The number of aryl methyl sites for hydroxylation is 1. The van der Waals surface area contributed by atoms with Crippen LogP contribution in [0.5, 0.6) is 0 Å². The van der Waals surface area contributed by atoms with E-state index in [4.69, 9.17) is 9.72 Å². The quantitative estimate of drug-likeness (QED) is 0.318. The second kappa shape index (κ2) is 9.47. The second-order valence-corrected chi connectivity index (χ2v) is 11.5. The van der Waals surface area contributed by atoms with Crippen LogP contribution in [0.2, 0.25) is 0 Å². The summed E-state index contributed by atoms with van der Waals surface area (Å²) in [7, 11) is 2.76. The summed E-state index contributed by atoms with van der Waals surface area (Å²) in [6.45, 7) is 12.4. The van der Waals surface area contributed by atoms with Crippen molar-refractivity contribution in [3.8, 4) is 0 Å². The van der Waals surface area contributed by atoms with E-state index in [1.807, 2.05) is 34.0 Å². The highest BCUT2D eigenvalue weighted by Gasteiger charge is 2.36. The number of fused-ring (bicyclic) bond motifs is 1. The summed E-state index contributed by atoms with van der Waals surface area (Å²) in [5.74, 6) is 0.155. The van der Waals surface area contributed by atoms with Gasteiger partial charge in [0.2, 0.25) is 0 Å². The van der Waals surface area contributed by atoms with E-state index in [-0.39, 0.29) is 23.8 Å². The predicted molar refractivity (Wildman–Crippen MR) is 140 cm³/mol. The van der Waals surface area contributed by atoms with Crippen molar-refractivity contribution in [2.45, 2.75) is 58.2 Å². The van der Waals surface area contributed by atoms with Gasteiger partial charge >= 0.3 is 6.09 Å². The van der Waals surface area contributed by atoms with Crippen molar-refractivity contribution in [3.05, 3.63) is 21.7 Å². The first-order valence-electron chi connectivity index (χ1n) is 10.6. The number of thioether (sulfide) groups is 1. The number of carbonyl (C=O) groups excluding carboxylic acids is 2. The zero-order chi connectivity index (χ0) is 24.0. The molecule has 1 saturated heterocycles. The number of rotatable bonds is 4. The fraction of sp³-hybridized carbons (Fsp3) is 0.522. The monoisotopic (exact) mass is 539 g/mol. The Balaban J connectivity index is 2.07. The first-order valence-corrected chi connectivity index (χ1v) is 13.1. The maximum absolute atomic E-state index is 12.7. The molecule has 6 nitrogen and oxygen atoms in total. The summed E-state index contributed by atoms with van der Waals surface area (Å²) >= 11 is 5.11. The van der Waals surface area contributed by atoms with Crippen LogP contribution in [0.4, 0.5) is 10.5 Å². The van der Waals surface area contributed by atoms with Crippen LogP contribution in [0, 0.1) is 12.8 Å². The standard InChI is InChI=1S/C23H31BrN3O3PS/c1-11-8-14-18(16(13(3)28)21(32-7)26-19(14)20(31)17(11)24)25-15-10-27(9-12(15)2)22(29)30-23(4,5)6/h8,12,15H,9-10,31H2,1-7H3,(H,25,26)/t12-,15-/m1/s1. The average molecular weight is 540 g/mol. The van der Waals surface area contributed by atoms with Crippen molar-refractivity contribution in [3.63, 3.8) is 0 Å². The summed E-state index contributed by atoms with van der Waals surface area (Å²) in [5, 5.41) is 6.19. The van der Waals surface area contributed by atoms with Gasteiger partial charge in [-0.1, -0.05) is 6.92 Å². The minimum absolute atomic E-state index is 0.0159. The number of pyridine rings is 1. The molecule has 0 aliphatic carbocycles. The molecule has 0 spiro atoms. The fourth-order valence-corrected chi connectivity index (χ4v) is 5.34. The Morgan fingerprint density at radius 2 is 2.00 bits per heavy atom. The van der Waals surface area contributed by atoms with Crippen molar-refractivity contribution in [1.29, 1.82) is 0 Å². The van der Waals surface area contributed by atoms with E-state index in [1.54, 1.807) is 11.8 Å². The molecule has 1 unspecified atom stereocenters. The van der Waals surface area contributed by atoms with Gasteiger partial charge in [-0.15, -0.1) is 21.0 Å². The molecule has 32 heavy (non-hydrogen) atoms. The highest BCUT2D eigenvalue weighted by Crippen LogP contribution is 2.37. The number of likely N-dealkylation sites (tertiary alicyclic amines) is 1. The molecule has 2 heterocycles. The molecule has 1 N–H and O–H groups in total. The molecule has 1 aromatic carbocycles. The summed E-state index contributed by atoms with van der Waals surface area (Å²) < 4.78 is 6.55. The van der Waals surface area contributed by atoms with Gasteiger partial charge in [0.25, 0.3) is 0 Å². The first-order chi connectivity index (χ1) is 14.8. The van der Waals surface area contributed by atoms with Gasteiger partial charge in [-0.05, 0) is 74.4 Å². The summed E-state index contributed by atoms with van der Waals surface area (Å²) in [6.07, 6.45) is 1.62. The maximum Gasteiger partial charge on any atom is 0.410 e. The molecule has 0 bridgehead atoms. The van der Waals surface area contributed by atoms with E-state index in [0.717, 1.165) is 31.9 Å². The SMILES string of the molecule is CSc1nc2c(P)c(Br)c(C)cc2c(N[C@@H]2CN(C(=O)OC(C)(C)C)C[C@H]2C)c1C(C)=O. The molecular formula is C23H31BrN3O3PS. The Morgan fingerprint density at radius 1 is 1.34 bits per heavy atom. The van der Waals surface area contributed by atoms with Crippen molar-refractivity contribution in [1.82, 2.24) is 9.88 Å². The number of nitrogens with zero attached hydrogens (tertiary/aromatic N) is 2. The third-order valence-electron chi connectivity index (χ3n) is 5.54. The lowest BCUT2D eigenvalue weighted by molar-refractivity contribution is 0.0288. The number of amides is 1. The number of aromatic nitrogens is 1. The Morgan fingerprint density at radius 3 is 2.56 bits per heavy atom. The highest BCUT2D eigenvalue weighted by molar-refractivity contribution is 9.10. The van der Waals surface area contributed by atoms with Gasteiger partial charge in [-0.3, -0.25) is 4.79 Å². The number of hydrogen-bond acceptors (Lipinski definition) is 6. The van der Waals surface area contributed by atoms with Gasteiger partial charge in [-0.25, -0.2) is 9.78 Å². The van der Waals surface area contributed by atoms with Crippen molar-refractivity contribution < 1.29 is 14.3 Å². The molecule has 1 aliphatic heterocycles. The van der Waals surface area contributed by atoms with Crippen LogP contribution >= 0.6 is 36.9 Å². The predicted octanol–water partition coefficient (Wildman–Crippen LogP) is 5.40. The van der Waals surface area contributed by atoms with Crippen LogP contribution < -0.4 is 10.6 Å². The molecule has 1 fully saturated rings. The van der Waals surface area contributed by atoms with Gasteiger partial charge in [0.05, 0.1) is 16.8 Å². The third-order valence-corrected chi connectivity index (χ3v) is 8.26. The van der Waals surface area contributed by atoms with Crippen molar-refractivity contribution in [2.75, 3.05) is 24.7 Å². The van der Waals surface area contributed by atoms with Crippen LogP contribution in [0.25, 0.3) is 10.9 Å². The largest absolute Gasteiger partial charge is 0.444 e. The Hall–Kier alpha value is -1.37. The summed E-state index contributed by atoms with van der Waals surface area (Å²) in [5.41, 5.74) is 2.74. The fourth-order valence-electron chi connectivity index (χ4n) is 3.96. The molecule has 3 atom stereocenters. The van der Waals surface area contributed by atoms with E-state index in [0.29, 0.717) is 23.7 Å². The Labute approximate surface area is 205 Å². The molecule has 0 radical (unpaired) electrons. The average Bonchev–Trinajstić information content (AvgIpc) is 3.05. The van der Waals surface area contributed by atoms with Crippen LogP contribution in [0.1, 0.15) is 50.5 Å². The van der Waals surface area contributed by atoms with Gasteiger partial charge in [0.1, 0.15) is 10.6 Å². The second-order valence-electron chi connectivity index (χ2n) is 9.36. The lowest BCUT2D eigenvalue weighted by Gasteiger charge is -2.25. The number of benzene rings is 1. The van der Waals surface area contributed by atoms with Gasteiger partial charge in [-0.2, -0.15) is 0 Å². The number of Topliss-reactive ketones (excluding diaryl/α,β-unsaturated/α-hetero) is 1. The normalized spacial score (nSPS) is 18.8. The van der Waals surface area contributed by atoms with Crippen molar-refractivity contribution >= 4 is 70.7 Å². The molecule has 1 aliphatic rings. The number of carbonyl (C=O) groups is 2. The van der Waals surface area contributed by atoms with Crippen molar-refractivity contribution in [2.24, 2.45) is 5.92 Å². The zero-order valence-corrected chi connectivity index (χ0v) is 23.2.